The maximum atomic E-state index is 11.2. The third kappa shape index (κ3) is 3.38. The lowest BCUT2D eigenvalue weighted by atomic mass is 9.86. The van der Waals surface area contributed by atoms with Crippen LogP contribution in [-0.4, -0.2) is 36.2 Å². The van der Waals surface area contributed by atoms with Gasteiger partial charge in [0, 0.05) is 12.6 Å². The molecule has 2 aliphatic carbocycles. The van der Waals surface area contributed by atoms with E-state index in [-0.39, 0.29) is 12.6 Å². The number of ether oxygens (including phenoxy) is 1. The molecule has 2 aliphatic rings. The van der Waals surface area contributed by atoms with E-state index >= 15 is 0 Å². The first-order valence-electron chi connectivity index (χ1n) is 7.80. The molecule has 1 aromatic rings. The second-order valence-electron chi connectivity index (χ2n) is 6.24. The highest BCUT2D eigenvalue weighted by Gasteiger charge is 2.32. The number of carboxylic acid groups (broad SMARTS) is 1. The van der Waals surface area contributed by atoms with E-state index in [1.165, 1.54) is 24.0 Å². The molecule has 1 atom stereocenters. The number of fused-ring (bicyclic) bond motifs is 1. The first kappa shape index (κ1) is 14.4. The van der Waals surface area contributed by atoms with Crippen LogP contribution in [-0.2, 0) is 11.2 Å². The van der Waals surface area contributed by atoms with Crippen LogP contribution < -0.4 is 4.74 Å². The van der Waals surface area contributed by atoms with Gasteiger partial charge in [0.2, 0.25) is 0 Å². The lowest BCUT2D eigenvalue weighted by Crippen LogP contribution is -2.37. The summed E-state index contributed by atoms with van der Waals surface area (Å²) in [5.74, 6) is 0.866. The molecule has 21 heavy (non-hydrogen) atoms. The van der Waals surface area contributed by atoms with Crippen LogP contribution in [0.25, 0.3) is 0 Å². The Morgan fingerprint density at radius 3 is 2.86 bits per heavy atom. The number of carboxylic acids is 1. The van der Waals surface area contributed by atoms with Gasteiger partial charge in [0.15, 0.2) is 0 Å². The van der Waals surface area contributed by atoms with Crippen LogP contribution in [0.3, 0.4) is 0 Å². The van der Waals surface area contributed by atoms with E-state index in [9.17, 15) is 9.90 Å². The van der Waals surface area contributed by atoms with E-state index in [4.69, 9.17) is 4.74 Å². The highest BCUT2D eigenvalue weighted by atomic mass is 16.5. The maximum absolute atomic E-state index is 11.2. The number of nitrogens with zero attached hydrogens (tertiary/aromatic N) is 1. The van der Waals surface area contributed by atoms with E-state index in [1.807, 2.05) is 6.07 Å². The Bertz CT molecular complexity index is 525. The lowest BCUT2D eigenvalue weighted by Gasteiger charge is -2.35. The van der Waals surface area contributed by atoms with Crippen LogP contribution in [0.15, 0.2) is 18.2 Å². The van der Waals surface area contributed by atoms with Gasteiger partial charge in [-0.25, -0.2) is 0 Å². The minimum atomic E-state index is -0.726. The summed E-state index contributed by atoms with van der Waals surface area (Å²) in [4.78, 5) is 13.4. The number of benzene rings is 1. The largest absolute Gasteiger partial charge is 0.497 e. The molecule has 4 heteroatoms. The number of hydrogen-bond acceptors (Lipinski definition) is 3. The van der Waals surface area contributed by atoms with Gasteiger partial charge in [-0.2, -0.15) is 0 Å². The molecule has 0 spiro atoms. The Kier molecular flexibility index (Phi) is 4.15. The number of hydrogen-bond donors (Lipinski definition) is 1. The molecule has 0 amide bonds. The number of aliphatic carboxylic acids is 1. The van der Waals surface area contributed by atoms with E-state index in [0.717, 1.165) is 31.6 Å². The SMILES string of the molecule is COc1ccc2c(c1)CCCC2N(CC(=O)O)CC1CC1. The molecule has 0 saturated heterocycles. The first-order chi connectivity index (χ1) is 10.2. The van der Waals surface area contributed by atoms with Crippen molar-refractivity contribution in [2.45, 2.75) is 38.1 Å². The Hall–Kier alpha value is -1.55. The fourth-order valence-electron chi connectivity index (χ4n) is 3.38. The van der Waals surface area contributed by atoms with Gasteiger partial charge in [-0.05, 0) is 61.3 Å². The summed E-state index contributed by atoms with van der Waals surface area (Å²) in [6.07, 6.45) is 5.73. The highest BCUT2D eigenvalue weighted by molar-refractivity contribution is 5.69. The summed E-state index contributed by atoms with van der Waals surface area (Å²) in [6.45, 7) is 1.06. The Morgan fingerprint density at radius 1 is 1.38 bits per heavy atom. The molecule has 0 aliphatic heterocycles. The molecule has 0 bridgehead atoms. The molecule has 1 saturated carbocycles. The number of aryl methyl sites for hydroxylation is 1. The molecule has 1 aromatic carbocycles. The topological polar surface area (TPSA) is 49.8 Å². The third-order valence-electron chi connectivity index (χ3n) is 4.60. The monoisotopic (exact) mass is 289 g/mol. The average molecular weight is 289 g/mol. The van der Waals surface area contributed by atoms with Crippen molar-refractivity contribution in [2.75, 3.05) is 20.2 Å². The van der Waals surface area contributed by atoms with Crippen LogP contribution in [0, 0.1) is 5.92 Å². The molecular formula is C17H23NO3. The van der Waals surface area contributed by atoms with Gasteiger partial charge in [-0.1, -0.05) is 6.07 Å². The molecule has 114 valence electrons. The zero-order valence-electron chi connectivity index (χ0n) is 12.5. The minimum absolute atomic E-state index is 0.145. The third-order valence-corrected chi connectivity index (χ3v) is 4.60. The van der Waals surface area contributed by atoms with Gasteiger partial charge in [0.05, 0.1) is 13.7 Å². The zero-order valence-corrected chi connectivity index (χ0v) is 12.5. The molecule has 3 rings (SSSR count). The van der Waals surface area contributed by atoms with E-state index < -0.39 is 5.97 Å². The van der Waals surface area contributed by atoms with Crippen molar-refractivity contribution in [3.05, 3.63) is 29.3 Å². The number of carbonyl (C=O) groups is 1. The Labute approximate surface area is 125 Å². The highest BCUT2D eigenvalue weighted by Crippen LogP contribution is 2.39. The zero-order chi connectivity index (χ0) is 14.8. The number of rotatable bonds is 6. The first-order valence-corrected chi connectivity index (χ1v) is 7.80. The fourth-order valence-corrected chi connectivity index (χ4v) is 3.38. The molecule has 0 radical (unpaired) electrons. The standard InChI is InChI=1S/C17H23NO3/c1-21-14-7-8-15-13(9-14)3-2-4-16(15)18(11-17(19)20)10-12-5-6-12/h7-9,12,16H,2-6,10-11H2,1H3,(H,19,20). The van der Waals surface area contributed by atoms with Crippen molar-refractivity contribution >= 4 is 5.97 Å². The minimum Gasteiger partial charge on any atom is -0.497 e. The van der Waals surface area contributed by atoms with Gasteiger partial charge in [-0.15, -0.1) is 0 Å². The molecule has 1 unspecified atom stereocenters. The van der Waals surface area contributed by atoms with Crippen molar-refractivity contribution < 1.29 is 14.6 Å². The van der Waals surface area contributed by atoms with Crippen molar-refractivity contribution in [3.8, 4) is 5.75 Å². The smallest absolute Gasteiger partial charge is 0.317 e. The van der Waals surface area contributed by atoms with E-state index in [2.05, 4.69) is 17.0 Å². The average Bonchev–Trinajstić information content (AvgIpc) is 3.29. The molecule has 0 heterocycles. The van der Waals surface area contributed by atoms with Gasteiger partial charge >= 0.3 is 5.97 Å². The summed E-state index contributed by atoms with van der Waals surface area (Å²) in [7, 11) is 1.69. The van der Waals surface area contributed by atoms with Gasteiger partial charge in [-0.3, -0.25) is 9.69 Å². The maximum Gasteiger partial charge on any atom is 0.317 e. The molecule has 4 nitrogen and oxygen atoms in total. The van der Waals surface area contributed by atoms with Crippen molar-refractivity contribution in [3.63, 3.8) is 0 Å². The summed E-state index contributed by atoms with van der Waals surface area (Å²) in [6, 6.07) is 6.47. The van der Waals surface area contributed by atoms with Crippen molar-refractivity contribution in [1.29, 1.82) is 0 Å². The summed E-state index contributed by atoms with van der Waals surface area (Å²) >= 11 is 0. The van der Waals surface area contributed by atoms with Crippen LogP contribution in [0.5, 0.6) is 5.75 Å². The molecule has 1 fully saturated rings. The van der Waals surface area contributed by atoms with E-state index in [0.29, 0.717) is 5.92 Å². The van der Waals surface area contributed by atoms with Gasteiger partial charge < -0.3 is 9.84 Å². The van der Waals surface area contributed by atoms with Gasteiger partial charge in [0.1, 0.15) is 5.75 Å². The van der Waals surface area contributed by atoms with Crippen LogP contribution in [0.2, 0.25) is 0 Å². The van der Waals surface area contributed by atoms with E-state index in [1.54, 1.807) is 7.11 Å². The molecule has 1 N–H and O–H groups in total. The normalized spacial score (nSPS) is 21.1. The molecule has 0 aromatic heterocycles. The Morgan fingerprint density at radius 2 is 2.19 bits per heavy atom. The molecular weight excluding hydrogens is 266 g/mol. The second-order valence-corrected chi connectivity index (χ2v) is 6.24. The summed E-state index contributed by atoms with van der Waals surface area (Å²) in [5, 5.41) is 9.22. The van der Waals surface area contributed by atoms with Crippen LogP contribution in [0.1, 0.15) is 42.9 Å². The predicted octanol–water partition coefficient (Wildman–Crippen LogP) is 2.87. The van der Waals surface area contributed by atoms with Gasteiger partial charge in [0.25, 0.3) is 0 Å². The van der Waals surface area contributed by atoms with Crippen LogP contribution in [0.4, 0.5) is 0 Å². The van der Waals surface area contributed by atoms with Crippen molar-refractivity contribution in [2.24, 2.45) is 5.92 Å². The second kappa shape index (κ2) is 6.06. The fraction of sp³-hybridized carbons (Fsp3) is 0.588. The summed E-state index contributed by atoms with van der Waals surface area (Å²) < 4.78 is 5.31. The van der Waals surface area contributed by atoms with Crippen molar-refractivity contribution in [1.82, 2.24) is 4.90 Å². The predicted molar refractivity (Wildman–Crippen MR) is 80.6 cm³/mol. The Balaban J connectivity index is 1.85. The summed E-state index contributed by atoms with van der Waals surface area (Å²) in [5.41, 5.74) is 2.61. The van der Waals surface area contributed by atoms with Crippen LogP contribution >= 0.6 is 0 Å². The quantitative estimate of drug-likeness (QED) is 0.875. The number of methoxy groups -OCH3 is 1. The lowest BCUT2D eigenvalue weighted by molar-refractivity contribution is -0.139.